The number of anilines is 1. The monoisotopic (exact) mass is 508 g/mol. The maximum Gasteiger partial charge on any atom is 0.411 e. The molecule has 2 heterocycles. The summed E-state index contributed by atoms with van der Waals surface area (Å²) in [5, 5.41) is 8.91. The number of rotatable bonds is 11. The van der Waals surface area contributed by atoms with Gasteiger partial charge >= 0.3 is 6.09 Å². The fraction of sp³-hybridized carbons (Fsp3) is 0.464. The number of carbonyl (C=O) groups excluding carboxylic acids is 2. The Bertz CT molecular complexity index is 1100. The van der Waals surface area contributed by atoms with Crippen LogP contribution in [0.5, 0.6) is 11.5 Å². The lowest BCUT2D eigenvalue weighted by atomic mass is 10.0. The Kier molecular flexibility index (Phi) is 9.37. The second-order valence-corrected chi connectivity index (χ2v) is 9.22. The zero-order chi connectivity index (χ0) is 26.0. The van der Waals surface area contributed by atoms with Crippen LogP contribution in [0.25, 0.3) is 0 Å². The summed E-state index contributed by atoms with van der Waals surface area (Å²) in [6.07, 6.45) is 3.81. The molecule has 198 valence electrons. The number of ether oxygens (including phenoxy) is 3. The van der Waals surface area contributed by atoms with Gasteiger partial charge in [-0.2, -0.15) is 5.10 Å². The van der Waals surface area contributed by atoms with Gasteiger partial charge in [-0.3, -0.25) is 15.0 Å². The fourth-order valence-electron chi connectivity index (χ4n) is 4.41. The van der Waals surface area contributed by atoms with Crippen LogP contribution in [0.1, 0.15) is 50.2 Å². The molecule has 0 bridgehead atoms. The van der Waals surface area contributed by atoms with Gasteiger partial charge in [-0.15, -0.1) is 0 Å². The molecule has 1 N–H and O–H groups in total. The highest BCUT2D eigenvalue weighted by Crippen LogP contribution is 2.30. The van der Waals surface area contributed by atoms with Gasteiger partial charge in [-0.05, 0) is 68.2 Å². The highest BCUT2D eigenvalue weighted by Gasteiger charge is 2.22. The average Bonchev–Trinajstić information content (AvgIpc) is 3.43. The predicted molar refractivity (Wildman–Crippen MR) is 142 cm³/mol. The molecule has 2 aliphatic heterocycles. The molecule has 9 nitrogen and oxygen atoms in total. The van der Waals surface area contributed by atoms with Crippen molar-refractivity contribution in [2.45, 2.75) is 45.6 Å². The first-order valence-corrected chi connectivity index (χ1v) is 13.0. The van der Waals surface area contributed by atoms with Crippen molar-refractivity contribution >= 4 is 23.4 Å². The SMILES string of the molecule is CCCOc1cc(C2=NN(Cc3ccc(NC(=O)OCCN4CCCC4)cc3)C(=O)CC2)ccc1OC. The summed E-state index contributed by atoms with van der Waals surface area (Å²) in [5.74, 6) is 1.32. The van der Waals surface area contributed by atoms with Crippen LogP contribution < -0.4 is 14.8 Å². The molecule has 2 aromatic rings. The standard InChI is InChI=1S/C28H36N4O5/c1-3-17-36-26-19-22(8-12-25(26)35-2)24-11-13-27(33)32(30-24)20-21-6-9-23(10-7-21)29-28(34)37-18-16-31-14-4-5-15-31/h6-10,12,19H,3-5,11,13-18,20H2,1-2H3,(H,29,34). The lowest BCUT2D eigenvalue weighted by Gasteiger charge is -2.24. The molecule has 2 amide bonds. The number of likely N-dealkylation sites (tertiary alicyclic amines) is 1. The summed E-state index contributed by atoms with van der Waals surface area (Å²) in [7, 11) is 1.62. The molecule has 2 aliphatic rings. The van der Waals surface area contributed by atoms with Gasteiger partial charge in [0.15, 0.2) is 11.5 Å². The minimum absolute atomic E-state index is 0.0245. The molecule has 0 radical (unpaired) electrons. The third-order valence-corrected chi connectivity index (χ3v) is 6.44. The number of nitrogens with zero attached hydrogens (tertiary/aromatic N) is 3. The first-order valence-electron chi connectivity index (χ1n) is 13.0. The van der Waals surface area contributed by atoms with Crippen molar-refractivity contribution in [2.75, 3.05) is 45.3 Å². The number of amides is 2. The van der Waals surface area contributed by atoms with E-state index in [2.05, 4.69) is 22.2 Å². The normalized spacial score (nSPS) is 15.9. The summed E-state index contributed by atoms with van der Waals surface area (Å²) in [6.45, 7) is 6.29. The Hall–Kier alpha value is -3.59. The number of hydrogen-bond donors (Lipinski definition) is 1. The fourth-order valence-corrected chi connectivity index (χ4v) is 4.41. The van der Waals surface area contributed by atoms with Crippen molar-refractivity contribution in [3.63, 3.8) is 0 Å². The quantitative estimate of drug-likeness (QED) is 0.475. The predicted octanol–water partition coefficient (Wildman–Crippen LogP) is 4.66. The molecule has 1 fully saturated rings. The van der Waals surface area contributed by atoms with E-state index in [1.165, 1.54) is 17.9 Å². The van der Waals surface area contributed by atoms with Gasteiger partial charge in [0.1, 0.15) is 6.61 Å². The van der Waals surface area contributed by atoms with E-state index in [-0.39, 0.29) is 5.91 Å². The lowest BCUT2D eigenvalue weighted by molar-refractivity contribution is -0.132. The van der Waals surface area contributed by atoms with Crippen LogP contribution >= 0.6 is 0 Å². The zero-order valence-corrected chi connectivity index (χ0v) is 21.7. The lowest BCUT2D eigenvalue weighted by Crippen LogP contribution is -2.31. The van der Waals surface area contributed by atoms with Crippen molar-refractivity contribution in [1.29, 1.82) is 0 Å². The number of benzene rings is 2. The van der Waals surface area contributed by atoms with Gasteiger partial charge in [0.25, 0.3) is 0 Å². The molecule has 0 aliphatic carbocycles. The smallest absolute Gasteiger partial charge is 0.411 e. The molecule has 1 saturated heterocycles. The van der Waals surface area contributed by atoms with Crippen molar-refractivity contribution in [2.24, 2.45) is 5.10 Å². The Morgan fingerprint density at radius 2 is 1.81 bits per heavy atom. The number of carbonyl (C=O) groups is 2. The Balaban J connectivity index is 1.34. The summed E-state index contributed by atoms with van der Waals surface area (Å²) < 4.78 is 16.5. The molecular weight excluding hydrogens is 472 g/mol. The number of hydrazone groups is 1. The second kappa shape index (κ2) is 13.1. The van der Waals surface area contributed by atoms with Gasteiger partial charge in [0, 0.05) is 30.6 Å². The number of hydrogen-bond acceptors (Lipinski definition) is 7. The minimum atomic E-state index is -0.464. The van der Waals surface area contributed by atoms with Gasteiger partial charge < -0.3 is 14.2 Å². The van der Waals surface area contributed by atoms with E-state index in [0.717, 1.165) is 42.9 Å². The molecule has 0 aromatic heterocycles. The van der Waals surface area contributed by atoms with Gasteiger partial charge in [0.2, 0.25) is 5.91 Å². The molecule has 0 unspecified atom stereocenters. The van der Waals surface area contributed by atoms with E-state index >= 15 is 0 Å². The minimum Gasteiger partial charge on any atom is -0.493 e. The Morgan fingerprint density at radius 1 is 1.03 bits per heavy atom. The Labute approximate surface area is 218 Å². The van der Waals surface area contributed by atoms with E-state index in [9.17, 15) is 9.59 Å². The van der Waals surface area contributed by atoms with E-state index in [1.54, 1.807) is 19.2 Å². The highest BCUT2D eigenvalue weighted by atomic mass is 16.5. The third kappa shape index (κ3) is 7.45. The molecule has 0 saturated carbocycles. The molecule has 0 atom stereocenters. The maximum atomic E-state index is 12.6. The van der Waals surface area contributed by atoms with Crippen LogP contribution in [0.15, 0.2) is 47.6 Å². The van der Waals surface area contributed by atoms with Crippen LogP contribution in [-0.4, -0.2) is 67.6 Å². The summed E-state index contributed by atoms with van der Waals surface area (Å²) in [6, 6.07) is 13.1. The van der Waals surface area contributed by atoms with Crippen molar-refractivity contribution in [3.05, 3.63) is 53.6 Å². The molecule has 0 spiro atoms. The van der Waals surface area contributed by atoms with Gasteiger partial charge in [-0.25, -0.2) is 9.80 Å². The molecule has 9 heteroatoms. The van der Waals surface area contributed by atoms with Crippen molar-refractivity contribution in [1.82, 2.24) is 9.91 Å². The number of nitrogens with one attached hydrogen (secondary N) is 1. The van der Waals surface area contributed by atoms with E-state index in [0.29, 0.717) is 49.8 Å². The van der Waals surface area contributed by atoms with E-state index in [1.807, 2.05) is 30.3 Å². The van der Waals surface area contributed by atoms with Crippen LogP contribution in [-0.2, 0) is 16.1 Å². The van der Waals surface area contributed by atoms with Crippen molar-refractivity contribution < 1.29 is 23.8 Å². The summed E-state index contributed by atoms with van der Waals surface area (Å²) >= 11 is 0. The number of methoxy groups -OCH3 is 1. The van der Waals surface area contributed by atoms with Crippen molar-refractivity contribution in [3.8, 4) is 11.5 Å². The van der Waals surface area contributed by atoms with E-state index < -0.39 is 6.09 Å². The molecular formula is C28H36N4O5. The van der Waals surface area contributed by atoms with Gasteiger partial charge in [0.05, 0.1) is 26.0 Å². The zero-order valence-electron chi connectivity index (χ0n) is 21.7. The third-order valence-electron chi connectivity index (χ3n) is 6.44. The Morgan fingerprint density at radius 3 is 2.54 bits per heavy atom. The summed E-state index contributed by atoms with van der Waals surface area (Å²) in [4.78, 5) is 27.0. The first kappa shape index (κ1) is 26.5. The summed E-state index contributed by atoms with van der Waals surface area (Å²) in [5.41, 5.74) is 3.29. The van der Waals surface area contributed by atoms with Crippen LogP contribution in [0.2, 0.25) is 0 Å². The van der Waals surface area contributed by atoms with E-state index in [4.69, 9.17) is 14.2 Å². The van der Waals surface area contributed by atoms with Crippen LogP contribution in [0.4, 0.5) is 10.5 Å². The second-order valence-electron chi connectivity index (χ2n) is 9.22. The first-order chi connectivity index (χ1) is 18.1. The van der Waals surface area contributed by atoms with Crippen LogP contribution in [0, 0.1) is 0 Å². The molecule has 2 aromatic carbocycles. The highest BCUT2D eigenvalue weighted by molar-refractivity contribution is 6.04. The van der Waals surface area contributed by atoms with Crippen LogP contribution in [0.3, 0.4) is 0 Å². The molecule has 37 heavy (non-hydrogen) atoms. The maximum absolute atomic E-state index is 12.6. The van der Waals surface area contributed by atoms with Gasteiger partial charge in [-0.1, -0.05) is 19.1 Å². The average molecular weight is 509 g/mol. The molecule has 4 rings (SSSR count). The largest absolute Gasteiger partial charge is 0.493 e. The topological polar surface area (TPSA) is 92.7 Å².